The molecule has 0 atom stereocenters. The van der Waals surface area contributed by atoms with Crippen LogP contribution in [-0.4, -0.2) is 11.6 Å². The van der Waals surface area contributed by atoms with Crippen molar-refractivity contribution >= 4 is 17.3 Å². The first-order valence-corrected chi connectivity index (χ1v) is 2.14. The summed E-state index contributed by atoms with van der Waals surface area (Å²) in [7, 11) is 0. The normalized spacial score (nSPS) is 12.0. The monoisotopic (exact) mass is 106 g/mol. The van der Waals surface area contributed by atoms with Gasteiger partial charge in [-0.15, -0.1) is 11.6 Å². The molecule has 2 nitrogen and oxygen atoms in total. The summed E-state index contributed by atoms with van der Waals surface area (Å²) in [4.78, 5) is 0. The number of hydrogen-bond acceptors (Lipinski definition) is 2. The molecular formula is C3H7ClN2. The van der Waals surface area contributed by atoms with Gasteiger partial charge in [-0.2, -0.15) is 5.10 Å². The summed E-state index contributed by atoms with van der Waals surface area (Å²) in [6, 6.07) is 0. The quantitative estimate of drug-likeness (QED) is 0.226. The van der Waals surface area contributed by atoms with Gasteiger partial charge in [-0.25, -0.2) is 0 Å². The Labute approximate surface area is 42.0 Å². The van der Waals surface area contributed by atoms with E-state index < -0.39 is 0 Å². The van der Waals surface area contributed by atoms with Crippen LogP contribution in [-0.2, 0) is 0 Å². The standard InChI is InChI=1S/C3H7ClN2/c1-3(2-4)6-5/h2,5H2,1H3. The molecule has 6 heavy (non-hydrogen) atoms. The Bertz CT molecular complexity index is 59.8. The molecule has 36 valence electrons. The third kappa shape index (κ3) is 2.03. The molecule has 0 heterocycles. The van der Waals surface area contributed by atoms with Crippen LogP contribution in [0.2, 0.25) is 0 Å². The highest BCUT2D eigenvalue weighted by Crippen LogP contribution is 1.75. The molecule has 2 N–H and O–H groups in total. The minimum absolute atomic E-state index is 0.427. The van der Waals surface area contributed by atoms with Crippen molar-refractivity contribution in [3.63, 3.8) is 0 Å². The van der Waals surface area contributed by atoms with Crippen molar-refractivity contribution < 1.29 is 0 Å². The van der Waals surface area contributed by atoms with Gasteiger partial charge in [0.25, 0.3) is 0 Å². The van der Waals surface area contributed by atoms with Gasteiger partial charge in [0.15, 0.2) is 0 Å². The van der Waals surface area contributed by atoms with Crippen LogP contribution in [0.3, 0.4) is 0 Å². The number of nitrogens with two attached hydrogens (primary N) is 1. The van der Waals surface area contributed by atoms with E-state index in [0.717, 1.165) is 5.71 Å². The zero-order valence-corrected chi connectivity index (χ0v) is 4.37. The van der Waals surface area contributed by atoms with Crippen LogP contribution in [0.1, 0.15) is 6.92 Å². The van der Waals surface area contributed by atoms with Gasteiger partial charge in [0.05, 0.1) is 5.88 Å². The van der Waals surface area contributed by atoms with Crippen molar-refractivity contribution in [3.05, 3.63) is 0 Å². The number of hydrazone groups is 1. The lowest BCUT2D eigenvalue weighted by Gasteiger charge is -1.81. The minimum atomic E-state index is 0.427. The summed E-state index contributed by atoms with van der Waals surface area (Å²) >= 11 is 5.24. The van der Waals surface area contributed by atoms with Crippen molar-refractivity contribution in [2.75, 3.05) is 5.88 Å². The Morgan fingerprint density at radius 3 is 2.50 bits per heavy atom. The Morgan fingerprint density at radius 1 is 2.00 bits per heavy atom. The summed E-state index contributed by atoms with van der Waals surface area (Å²) in [5.74, 6) is 5.21. The largest absolute Gasteiger partial charge is 0.323 e. The molecular weight excluding hydrogens is 99.5 g/mol. The topological polar surface area (TPSA) is 38.4 Å². The molecule has 0 aromatic rings. The molecule has 0 aliphatic rings. The van der Waals surface area contributed by atoms with Gasteiger partial charge in [0.2, 0.25) is 0 Å². The Morgan fingerprint density at radius 2 is 2.50 bits per heavy atom. The zero-order valence-electron chi connectivity index (χ0n) is 3.61. The van der Waals surface area contributed by atoms with Crippen molar-refractivity contribution in [2.45, 2.75) is 6.92 Å². The van der Waals surface area contributed by atoms with Crippen LogP contribution in [0, 0.1) is 0 Å². The molecule has 0 aliphatic carbocycles. The van der Waals surface area contributed by atoms with Gasteiger partial charge in [0, 0.05) is 5.71 Å². The highest BCUT2D eigenvalue weighted by Gasteiger charge is 1.78. The van der Waals surface area contributed by atoms with Crippen LogP contribution in [0.25, 0.3) is 0 Å². The second-order valence-electron chi connectivity index (χ2n) is 0.998. The summed E-state index contributed by atoms with van der Waals surface area (Å²) in [5.41, 5.74) is 0.761. The lowest BCUT2D eigenvalue weighted by Crippen LogP contribution is -1.95. The fraction of sp³-hybridized carbons (Fsp3) is 0.667. The van der Waals surface area contributed by atoms with Gasteiger partial charge in [-0.3, -0.25) is 0 Å². The van der Waals surface area contributed by atoms with Gasteiger partial charge < -0.3 is 5.84 Å². The molecule has 0 aromatic carbocycles. The maximum atomic E-state index is 5.24. The lowest BCUT2D eigenvalue weighted by atomic mass is 10.5. The first kappa shape index (κ1) is 5.76. The second-order valence-corrected chi connectivity index (χ2v) is 1.27. The van der Waals surface area contributed by atoms with Gasteiger partial charge in [-0.05, 0) is 6.92 Å². The number of hydrogen-bond donors (Lipinski definition) is 1. The summed E-state index contributed by atoms with van der Waals surface area (Å²) < 4.78 is 0. The average molecular weight is 107 g/mol. The molecule has 0 amide bonds. The molecule has 0 saturated carbocycles. The number of rotatable bonds is 1. The van der Waals surface area contributed by atoms with E-state index in [2.05, 4.69) is 5.10 Å². The molecule has 0 unspecified atom stereocenters. The van der Waals surface area contributed by atoms with Crippen molar-refractivity contribution in [2.24, 2.45) is 10.9 Å². The Kier molecular flexibility index (Phi) is 2.85. The molecule has 3 heteroatoms. The predicted octanol–water partition coefficient (Wildman–Crippen LogP) is 0.560. The van der Waals surface area contributed by atoms with E-state index in [0.29, 0.717) is 5.88 Å². The molecule has 0 rings (SSSR count). The molecule has 0 aliphatic heterocycles. The maximum Gasteiger partial charge on any atom is 0.0622 e. The Hall–Kier alpha value is -0.240. The third-order valence-electron chi connectivity index (χ3n) is 0.414. The fourth-order valence-electron chi connectivity index (χ4n) is 0.0345. The minimum Gasteiger partial charge on any atom is -0.323 e. The Balaban J connectivity index is 3.22. The molecule has 0 radical (unpaired) electrons. The van der Waals surface area contributed by atoms with Crippen LogP contribution in [0.5, 0.6) is 0 Å². The van der Waals surface area contributed by atoms with E-state index in [1.54, 1.807) is 6.92 Å². The predicted molar refractivity (Wildman–Crippen MR) is 28.0 cm³/mol. The van der Waals surface area contributed by atoms with Crippen LogP contribution < -0.4 is 5.84 Å². The van der Waals surface area contributed by atoms with Gasteiger partial charge >= 0.3 is 0 Å². The lowest BCUT2D eigenvalue weighted by molar-refractivity contribution is 1.23. The second kappa shape index (κ2) is 2.97. The van der Waals surface area contributed by atoms with Crippen LogP contribution in [0.4, 0.5) is 0 Å². The average Bonchev–Trinajstić information content (AvgIpc) is 1.65. The summed E-state index contributed by atoms with van der Waals surface area (Å²) in [6.45, 7) is 1.77. The SMILES string of the molecule is CC(CCl)=NN. The number of alkyl halides is 1. The molecule has 0 saturated heterocycles. The third-order valence-corrected chi connectivity index (χ3v) is 0.801. The van der Waals surface area contributed by atoms with E-state index in [9.17, 15) is 0 Å². The van der Waals surface area contributed by atoms with Crippen molar-refractivity contribution in [3.8, 4) is 0 Å². The first-order chi connectivity index (χ1) is 2.81. The smallest absolute Gasteiger partial charge is 0.0622 e. The summed E-state index contributed by atoms with van der Waals surface area (Å²) in [5, 5.41) is 3.29. The summed E-state index contributed by atoms with van der Waals surface area (Å²) in [6.07, 6.45) is 0. The zero-order chi connectivity index (χ0) is 4.99. The van der Waals surface area contributed by atoms with E-state index in [4.69, 9.17) is 17.4 Å². The highest BCUT2D eigenvalue weighted by atomic mass is 35.5. The first-order valence-electron chi connectivity index (χ1n) is 1.60. The molecule has 0 bridgehead atoms. The van der Waals surface area contributed by atoms with Gasteiger partial charge in [-0.1, -0.05) is 0 Å². The number of nitrogens with zero attached hydrogens (tertiary/aromatic N) is 1. The molecule has 0 spiro atoms. The van der Waals surface area contributed by atoms with Gasteiger partial charge in [0.1, 0.15) is 0 Å². The van der Waals surface area contributed by atoms with Crippen molar-refractivity contribution in [1.29, 1.82) is 0 Å². The highest BCUT2D eigenvalue weighted by molar-refractivity contribution is 6.28. The van der Waals surface area contributed by atoms with E-state index in [-0.39, 0.29) is 0 Å². The van der Waals surface area contributed by atoms with Crippen LogP contribution >= 0.6 is 11.6 Å². The van der Waals surface area contributed by atoms with E-state index in [1.165, 1.54) is 0 Å². The molecule has 0 aromatic heterocycles. The van der Waals surface area contributed by atoms with Crippen molar-refractivity contribution in [1.82, 2.24) is 0 Å². The van der Waals surface area contributed by atoms with E-state index in [1.807, 2.05) is 0 Å². The maximum absolute atomic E-state index is 5.24. The fourth-order valence-corrected chi connectivity index (χ4v) is 0.104. The molecule has 0 fully saturated rings. The number of halogens is 1. The van der Waals surface area contributed by atoms with Crippen LogP contribution in [0.15, 0.2) is 5.10 Å². The van der Waals surface area contributed by atoms with E-state index >= 15 is 0 Å².